The van der Waals surface area contributed by atoms with Crippen LogP contribution in [0.25, 0.3) is 5.78 Å². The number of aryl methyl sites for hydroxylation is 1. The number of hydrogen-bond donors (Lipinski definition) is 1. The second kappa shape index (κ2) is 6.65. The van der Waals surface area contributed by atoms with Gasteiger partial charge < -0.3 is 10.1 Å². The number of halogens is 3. The fourth-order valence-electron chi connectivity index (χ4n) is 3.72. The molecule has 1 N–H and O–H groups in total. The third-order valence-electron chi connectivity index (χ3n) is 5.29. The molecule has 0 spiro atoms. The third kappa shape index (κ3) is 3.14. The first-order chi connectivity index (χ1) is 13.3. The summed E-state index contributed by atoms with van der Waals surface area (Å²) in [7, 11) is 1.64. The summed E-state index contributed by atoms with van der Waals surface area (Å²) in [5.41, 5.74) is 1.53. The number of anilines is 1. The summed E-state index contributed by atoms with van der Waals surface area (Å²) in [6, 6.07) is 9.55. The molecule has 0 radical (unpaired) electrons. The van der Waals surface area contributed by atoms with E-state index in [9.17, 15) is 13.2 Å². The first-order valence-electron chi connectivity index (χ1n) is 9.01. The molecule has 9 heteroatoms. The Labute approximate surface area is 159 Å². The van der Waals surface area contributed by atoms with Gasteiger partial charge in [0.1, 0.15) is 11.6 Å². The Bertz CT molecular complexity index is 1010. The lowest BCUT2D eigenvalue weighted by Crippen LogP contribution is -2.41. The normalized spacial score (nSPS) is 16.0. The van der Waals surface area contributed by atoms with Gasteiger partial charge in [0.05, 0.1) is 7.11 Å². The zero-order chi connectivity index (χ0) is 19.9. The van der Waals surface area contributed by atoms with Crippen molar-refractivity contribution < 1.29 is 17.9 Å². The summed E-state index contributed by atoms with van der Waals surface area (Å²) in [5.74, 6) is -0.0154. The van der Waals surface area contributed by atoms with Gasteiger partial charge in [-0.3, -0.25) is 0 Å². The highest BCUT2D eigenvalue weighted by molar-refractivity contribution is 5.48. The van der Waals surface area contributed by atoms with E-state index in [1.54, 1.807) is 20.1 Å². The number of benzene rings is 1. The molecule has 3 aromatic rings. The standard InChI is InChI=1S/C19H20F3N5O/c1-12-10-15(27-17(24-12)25-16(26-27)19(20,21)22)23-11-18(8-5-9-18)13-6-3-4-7-14(13)28-2/h3-4,6-7,10,23H,5,8-9,11H2,1-2H3. The van der Waals surface area contributed by atoms with Crippen molar-refractivity contribution in [2.24, 2.45) is 0 Å². The monoisotopic (exact) mass is 391 g/mol. The molecule has 0 aliphatic heterocycles. The first kappa shape index (κ1) is 18.5. The molecule has 1 aliphatic rings. The van der Waals surface area contributed by atoms with Crippen molar-refractivity contribution in [3.05, 3.63) is 47.4 Å². The van der Waals surface area contributed by atoms with E-state index >= 15 is 0 Å². The highest BCUT2D eigenvalue weighted by Gasteiger charge is 2.41. The van der Waals surface area contributed by atoms with Gasteiger partial charge in [0.25, 0.3) is 11.6 Å². The Kier molecular flexibility index (Phi) is 4.40. The fourth-order valence-corrected chi connectivity index (χ4v) is 3.72. The minimum atomic E-state index is -4.62. The minimum absolute atomic E-state index is 0.0743. The summed E-state index contributed by atoms with van der Waals surface area (Å²) >= 11 is 0. The number of ether oxygens (including phenoxy) is 1. The quantitative estimate of drug-likeness (QED) is 0.712. The van der Waals surface area contributed by atoms with Gasteiger partial charge in [-0.1, -0.05) is 24.6 Å². The Morgan fingerprint density at radius 3 is 2.61 bits per heavy atom. The Hall–Kier alpha value is -2.84. The maximum Gasteiger partial charge on any atom is 0.453 e. The van der Waals surface area contributed by atoms with Gasteiger partial charge >= 0.3 is 6.18 Å². The van der Waals surface area contributed by atoms with E-state index in [0.717, 1.165) is 35.1 Å². The van der Waals surface area contributed by atoms with E-state index in [1.165, 1.54) is 0 Å². The lowest BCUT2D eigenvalue weighted by Gasteiger charge is -2.43. The van der Waals surface area contributed by atoms with Crippen molar-refractivity contribution in [2.45, 2.75) is 37.8 Å². The van der Waals surface area contributed by atoms with Crippen LogP contribution in [0.2, 0.25) is 0 Å². The summed E-state index contributed by atoms with van der Waals surface area (Å²) in [6.45, 7) is 2.26. The number of nitrogens with zero attached hydrogens (tertiary/aromatic N) is 4. The first-order valence-corrected chi connectivity index (χ1v) is 9.01. The lowest BCUT2D eigenvalue weighted by molar-refractivity contribution is -0.144. The van der Waals surface area contributed by atoms with Crippen molar-refractivity contribution >= 4 is 11.6 Å². The Morgan fingerprint density at radius 1 is 1.21 bits per heavy atom. The minimum Gasteiger partial charge on any atom is -0.496 e. The van der Waals surface area contributed by atoms with E-state index in [4.69, 9.17) is 4.74 Å². The van der Waals surface area contributed by atoms with Gasteiger partial charge in [-0.05, 0) is 25.8 Å². The number of para-hydroxylation sites is 1. The van der Waals surface area contributed by atoms with Gasteiger partial charge in [-0.25, -0.2) is 4.98 Å². The number of methoxy groups -OCH3 is 1. The SMILES string of the molecule is COc1ccccc1C1(CNc2cc(C)nc3nc(C(F)(F)F)nn23)CCC1. The van der Waals surface area contributed by atoms with Crippen LogP contribution < -0.4 is 10.1 Å². The molecule has 6 nitrogen and oxygen atoms in total. The molecule has 1 saturated carbocycles. The molecule has 1 aromatic carbocycles. The molecule has 2 heterocycles. The molecule has 0 bridgehead atoms. The topological polar surface area (TPSA) is 64.3 Å². The molecule has 148 valence electrons. The van der Waals surface area contributed by atoms with E-state index in [0.29, 0.717) is 18.1 Å². The molecule has 28 heavy (non-hydrogen) atoms. The second-order valence-corrected chi connectivity index (χ2v) is 7.12. The van der Waals surface area contributed by atoms with Crippen LogP contribution in [0.15, 0.2) is 30.3 Å². The molecule has 0 atom stereocenters. The molecular weight excluding hydrogens is 371 g/mol. The Morgan fingerprint density at radius 2 is 1.96 bits per heavy atom. The maximum atomic E-state index is 13.0. The molecule has 4 rings (SSSR count). The maximum absolute atomic E-state index is 13.0. The van der Waals surface area contributed by atoms with Gasteiger partial charge in [0.15, 0.2) is 0 Å². The second-order valence-electron chi connectivity index (χ2n) is 7.12. The molecular formula is C19H20F3N5O. The molecule has 1 fully saturated rings. The Balaban J connectivity index is 1.67. The highest BCUT2D eigenvalue weighted by atomic mass is 19.4. The average molecular weight is 391 g/mol. The van der Waals surface area contributed by atoms with Crippen LogP contribution in [0.4, 0.5) is 19.0 Å². The van der Waals surface area contributed by atoms with Crippen molar-refractivity contribution in [1.29, 1.82) is 0 Å². The van der Waals surface area contributed by atoms with Crippen molar-refractivity contribution in [2.75, 3.05) is 19.0 Å². The van der Waals surface area contributed by atoms with E-state index in [1.807, 2.05) is 24.3 Å². The number of rotatable bonds is 5. The van der Waals surface area contributed by atoms with Gasteiger partial charge in [-0.2, -0.15) is 22.7 Å². The van der Waals surface area contributed by atoms with Crippen LogP contribution >= 0.6 is 0 Å². The van der Waals surface area contributed by atoms with Gasteiger partial charge in [0, 0.05) is 29.3 Å². The smallest absolute Gasteiger partial charge is 0.453 e. The summed E-state index contributed by atoms with van der Waals surface area (Å²) in [5, 5.41) is 6.89. The number of alkyl halides is 3. The van der Waals surface area contributed by atoms with Crippen LogP contribution in [-0.4, -0.2) is 33.2 Å². The van der Waals surface area contributed by atoms with Crippen molar-refractivity contribution in [1.82, 2.24) is 19.6 Å². The lowest BCUT2D eigenvalue weighted by atomic mass is 9.64. The fraction of sp³-hybridized carbons (Fsp3) is 0.421. The average Bonchev–Trinajstić information content (AvgIpc) is 3.05. The van der Waals surface area contributed by atoms with Gasteiger partial charge in [0.2, 0.25) is 0 Å². The van der Waals surface area contributed by atoms with Crippen LogP contribution in [0.3, 0.4) is 0 Å². The highest BCUT2D eigenvalue weighted by Crippen LogP contribution is 2.47. The van der Waals surface area contributed by atoms with Crippen molar-refractivity contribution in [3.63, 3.8) is 0 Å². The molecule has 0 unspecified atom stereocenters. The number of fused-ring (bicyclic) bond motifs is 1. The molecule has 1 aliphatic carbocycles. The van der Waals surface area contributed by atoms with Crippen molar-refractivity contribution in [3.8, 4) is 5.75 Å². The predicted octanol–water partition coefficient (Wildman–Crippen LogP) is 3.99. The van der Waals surface area contributed by atoms with Crippen LogP contribution in [-0.2, 0) is 11.6 Å². The summed E-state index contributed by atoms with van der Waals surface area (Å²) < 4.78 is 45.6. The largest absolute Gasteiger partial charge is 0.496 e. The molecule has 2 aromatic heterocycles. The predicted molar refractivity (Wildman–Crippen MR) is 97.5 cm³/mol. The summed E-state index contributed by atoms with van der Waals surface area (Å²) in [4.78, 5) is 7.59. The van der Waals surface area contributed by atoms with E-state index in [-0.39, 0.29) is 11.2 Å². The van der Waals surface area contributed by atoms with Crippen LogP contribution in [0, 0.1) is 6.92 Å². The molecule has 0 saturated heterocycles. The number of aromatic nitrogens is 4. The third-order valence-corrected chi connectivity index (χ3v) is 5.29. The van der Waals surface area contributed by atoms with Crippen LogP contribution in [0.1, 0.15) is 36.3 Å². The van der Waals surface area contributed by atoms with Gasteiger partial charge in [-0.15, -0.1) is 5.10 Å². The summed E-state index contributed by atoms with van der Waals surface area (Å²) in [6.07, 6.45) is -1.59. The molecule has 0 amide bonds. The van der Waals surface area contributed by atoms with E-state index in [2.05, 4.69) is 20.4 Å². The zero-order valence-electron chi connectivity index (χ0n) is 15.5. The van der Waals surface area contributed by atoms with Crippen LogP contribution in [0.5, 0.6) is 5.75 Å². The number of nitrogens with one attached hydrogen (secondary N) is 1. The van der Waals surface area contributed by atoms with E-state index < -0.39 is 12.0 Å². The zero-order valence-corrected chi connectivity index (χ0v) is 15.5. The number of hydrogen-bond acceptors (Lipinski definition) is 5.